The highest BCUT2D eigenvalue weighted by Gasteiger charge is 2.47. The van der Waals surface area contributed by atoms with Crippen molar-refractivity contribution < 1.29 is 47.5 Å². The lowest BCUT2D eigenvalue weighted by atomic mass is 9.91. The van der Waals surface area contributed by atoms with Crippen molar-refractivity contribution in [2.24, 2.45) is 40.4 Å². The third-order valence-electron chi connectivity index (χ3n) is 16.2. The number of rotatable bonds is 37. The van der Waals surface area contributed by atoms with Gasteiger partial charge in [-0.15, -0.1) is 34.0 Å². The van der Waals surface area contributed by atoms with Crippen molar-refractivity contribution >= 4 is 57.4 Å². The van der Waals surface area contributed by atoms with Crippen LogP contribution in [-0.4, -0.2) is 103 Å². The van der Waals surface area contributed by atoms with Gasteiger partial charge in [-0.2, -0.15) is 0 Å². The number of hydrogen-bond acceptors (Lipinski definition) is 13. The molecule has 0 fully saturated rings. The summed E-state index contributed by atoms with van der Waals surface area (Å²) in [7, 11) is 0. The SMILES string of the molecule is CCCCC(CC)COCC1(COCC(CC)CCCC)COc2csc(-c3sc(-c4sc(Cl)c5c4OCC(COCC(C)CC)(COCC(CC)CCCC)CO5)c4c3C(=O)N(CC(CC)CCCC)C4=O)c2OC1. The van der Waals surface area contributed by atoms with Gasteiger partial charge in [-0.1, -0.05) is 164 Å². The number of halogens is 1. The first-order valence-electron chi connectivity index (χ1n) is 29.7. The maximum atomic E-state index is 15.1. The molecule has 6 heterocycles. The molecule has 0 saturated heterocycles. The molecule has 3 aromatic heterocycles. The van der Waals surface area contributed by atoms with Gasteiger partial charge in [0.15, 0.2) is 23.0 Å². The Bertz CT molecular complexity index is 2200. The van der Waals surface area contributed by atoms with Crippen molar-refractivity contribution in [3.05, 3.63) is 20.8 Å². The van der Waals surface area contributed by atoms with E-state index in [1.807, 2.05) is 5.38 Å². The van der Waals surface area contributed by atoms with Gasteiger partial charge >= 0.3 is 0 Å². The molecule has 0 aromatic carbocycles. The number of nitrogens with zero attached hydrogens (tertiary/aromatic N) is 1. The second-order valence-electron chi connectivity index (χ2n) is 22.7. The lowest BCUT2D eigenvalue weighted by Crippen LogP contribution is -2.43. The number of thiophene rings is 3. The molecule has 15 heteroatoms. The van der Waals surface area contributed by atoms with Gasteiger partial charge in [-0.3, -0.25) is 14.5 Å². The van der Waals surface area contributed by atoms with E-state index < -0.39 is 10.8 Å². The predicted molar refractivity (Wildman–Crippen MR) is 314 cm³/mol. The second-order valence-corrected chi connectivity index (χ2v) is 26.3. The molecular weight excluding hydrogens is 1040 g/mol. The molecule has 0 aliphatic carbocycles. The van der Waals surface area contributed by atoms with Gasteiger partial charge in [-0.05, 0) is 55.3 Å². The van der Waals surface area contributed by atoms with Crippen molar-refractivity contribution in [2.75, 3.05) is 85.8 Å². The molecule has 6 atom stereocenters. The van der Waals surface area contributed by atoms with Crippen LogP contribution in [0.25, 0.3) is 19.5 Å². The van der Waals surface area contributed by atoms with Gasteiger partial charge in [0.1, 0.15) is 30.8 Å². The van der Waals surface area contributed by atoms with E-state index in [2.05, 4.69) is 69.2 Å². The standard InChI is InChI=1S/C61H96ClNO10S3/c1-11-20-24-43(16-6)28-63-58(64)48-49(59(63)65)54(56-51-52(57(62)76-56)73-41-61(40-72-51,34-66-29-42(10)15-5)37-69-32-46(19-9)27-23-14-4)75-53(48)55-50-47(33-74-55)70-38-60(39-71-50,35-67-30-44(17-7)25-21-12-2)36-68-31-45(18-8)26-22-13-3/h33,42-46H,11-32,34-41H2,1-10H3. The molecule has 3 aromatic rings. The van der Waals surface area contributed by atoms with Crippen molar-refractivity contribution in [3.8, 4) is 42.5 Å². The molecule has 0 bridgehead atoms. The maximum Gasteiger partial charge on any atom is 0.263 e. The Morgan fingerprint density at radius 3 is 1.41 bits per heavy atom. The summed E-state index contributed by atoms with van der Waals surface area (Å²) in [5.41, 5.74) is -0.427. The average molecular weight is 1140 g/mol. The topological polar surface area (TPSA) is 111 Å². The summed E-state index contributed by atoms with van der Waals surface area (Å²) < 4.78 is 54.0. The molecule has 0 saturated carbocycles. The summed E-state index contributed by atoms with van der Waals surface area (Å²) >= 11 is 11.4. The smallest absolute Gasteiger partial charge is 0.263 e. The highest BCUT2D eigenvalue weighted by atomic mass is 35.5. The minimum atomic E-state index is -0.622. The summed E-state index contributed by atoms with van der Waals surface area (Å²) in [4.78, 5) is 34.4. The van der Waals surface area contributed by atoms with Crippen LogP contribution in [0.2, 0.25) is 4.34 Å². The zero-order chi connectivity index (χ0) is 54.7. The van der Waals surface area contributed by atoms with Gasteiger partial charge in [0, 0.05) is 38.4 Å². The fourth-order valence-corrected chi connectivity index (χ4v) is 14.2. The molecule has 0 radical (unpaired) electrons. The Morgan fingerprint density at radius 1 is 0.526 bits per heavy atom. The number of unbranched alkanes of at least 4 members (excludes halogenated alkanes) is 4. The number of imide groups is 1. The molecule has 11 nitrogen and oxygen atoms in total. The molecule has 6 unspecified atom stereocenters. The van der Waals surface area contributed by atoms with Gasteiger partial charge in [-0.25, -0.2) is 0 Å². The fourth-order valence-electron chi connectivity index (χ4n) is 10.4. The van der Waals surface area contributed by atoms with E-state index in [-0.39, 0.29) is 30.9 Å². The molecule has 76 heavy (non-hydrogen) atoms. The Kier molecular flexibility index (Phi) is 26.0. The highest BCUT2D eigenvalue weighted by Crippen LogP contribution is 2.59. The summed E-state index contributed by atoms with van der Waals surface area (Å²) in [6.45, 7) is 28.0. The molecule has 0 N–H and O–H groups in total. The largest absolute Gasteiger partial charge is 0.488 e. The van der Waals surface area contributed by atoms with Crippen molar-refractivity contribution in [1.29, 1.82) is 0 Å². The van der Waals surface area contributed by atoms with E-state index >= 15 is 9.59 Å². The summed E-state index contributed by atoms with van der Waals surface area (Å²) in [5.74, 6) is 3.55. The fraction of sp³-hybridized carbons (Fsp3) is 0.770. The Labute approximate surface area is 475 Å². The Balaban J connectivity index is 1.36. The highest BCUT2D eigenvalue weighted by molar-refractivity contribution is 7.28. The van der Waals surface area contributed by atoms with Crippen LogP contribution in [0.4, 0.5) is 0 Å². The zero-order valence-corrected chi connectivity index (χ0v) is 51.5. The number of carbonyl (C=O) groups excluding carboxylic acids is 2. The first-order chi connectivity index (χ1) is 36.9. The summed E-state index contributed by atoms with van der Waals surface area (Å²) in [6, 6.07) is 0. The number of carbonyl (C=O) groups is 2. The summed E-state index contributed by atoms with van der Waals surface area (Å²) in [5, 5.41) is 1.98. The zero-order valence-electron chi connectivity index (χ0n) is 48.3. The first kappa shape index (κ1) is 62.8. The van der Waals surface area contributed by atoms with E-state index in [1.54, 1.807) is 0 Å². The van der Waals surface area contributed by atoms with Gasteiger partial charge < -0.3 is 37.9 Å². The van der Waals surface area contributed by atoms with Crippen LogP contribution in [0.1, 0.15) is 199 Å². The first-order valence-corrected chi connectivity index (χ1v) is 32.6. The van der Waals surface area contributed by atoms with Crippen LogP contribution in [0, 0.1) is 40.4 Å². The van der Waals surface area contributed by atoms with E-state index in [4.69, 9.17) is 49.5 Å². The lowest BCUT2D eigenvalue weighted by Gasteiger charge is -2.32. The minimum absolute atomic E-state index is 0.180. The molecule has 2 amide bonds. The number of amides is 2. The molecule has 3 aliphatic heterocycles. The van der Waals surface area contributed by atoms with Crippen LogP contribution in [0.5, 0.6) is 23.0 Å². The number of hydrogen-bond donors (Lipinski definition) is 0. The minimum Gasteiger partial charge on any atom is -0.488 e. The average Bonchev–Trinajstić information content (AvgIpc) is 4.11. The van der Waals surface area contributed by atoms with Crippen LogP contribution in [-0.2, 0) is 18.9 Å². The predicted octanol–water partition coefficient (Wildman–Crippen LogP) is 16.9. The lowest BCUT2D eigenvalue weighted by molar-refractivity contribution is -0.0715. The van der Waals surface area contributed by atoms with Crippen molar-refractivity contribution in [2.45, 2.75) is 178 Å². The molecular formula is C61H96ClNO10S3. The Hall–Kier alpha value is -2.43. The monoisotopic (exact) mass is 1130 g/mol. The second kappa shape index (κ2) is 31.5. The van der Waals surface area contributed by atoms with Crippen LogP contribution >= 0.6 is 45.6 Å². The Morgan fingerprint density at radius 2 is 0.947 bits per heavy atom. The summed E-state index contributed by atoms with van der Waals surface area (Å²) in [6.07, 6.45) is 18.5. The third kappa shape index (κ3) is 16.1. The third-order valence-corrected chi connectivity index (χ3v) is 20.0. The molecule has 430 valence electrons. The van der Waals surface area contributed by atoms with Gasteiger partial charge in [0.25, 0.3) is 11.8 Å². The van der Waals surface area contributed by atoms with Crippen LogP contribution in [0.15, 0.2) is 5.38 Å². The molecule has 3 aliphatic rings. The van der Waals surface area contributed by atoms with E-state index in [1.165, 1.54) is 58.2 Å². The van der Waals surface area contributed by atoms with Crippen LogP contribution in [0.3, 0.4) is 0 Å². The van der Waals surface area contributed by atoms with Gasteiger partial charge in [0.05, 0.1) is 67.9 Å². The maximum absolute atomic E-state index is 15.1. The van der Waals surface area contributed by atoms with Crippen molar-refractivity contribution in [3.63, 3.8) is 0 Å². The normalized spacial score (nSPS) is 20.4. The van der Waals surface area contributed by atoms with E-state index in [9.17, 15) is 0 Å². The van der Waals surface area contributed by atoms with E-state index in [0.717, 1.165) is 94.8 Å². The number of ether oxygens (including phenoxy) is 8. The van der Waals surface area contributed by atoms with Crippen LogP contribution < -0.4 is 18.9 Å². The van der Waals surface area contributed by atoms with E-state index in [0.29, 0.717) is 149 Å². The van der Waals surface area contributed by atoms with Crippen molar-refractivity contribution in [1.82, 2.24) is 4.90 Å². The van der Waals surface area contributed by atoms with Gasteiger partial charge in [0.2, 0.25) is 0 Å². The number of fused-ring (bicyclic) bond motifs is 3. The molecule has 6 rings (SSSR count). The quantitative estimate of drug-likeness (QED) is 0.0518. The molecule has 0 spiro atoms.